The van der Waals surface area contributed by atoms with Crippen LogP contribution >= 0.6 is 0 Å². The van der Waals surface area contributed by atoms with E-state index in [-0.39, 0.29) is 0 Å². The monoisotopic (exact) mass is 344 g/mol. The third-order valence-corrected chi connectivity index (χ3v) is 4.60. The van der Waals surface area contributed by atoms with E-state index in [4.69, 9.17) is 14.3 Å². The van der Waals surface area contributed by atoms with Gasteiger partial charge in [-0.1, -0.05) is 12.1 Å². The topological polar surface area (TPSA) is 98.1 Å². The van der Waals surface area contributed by atoms with E-state index < -0.39 is 9.73 Å². The number of fused-ring (bicyclic) bond motifs is 1. The van der Waals surface area contributed by atoms with Gasteiger partial charge in [0.15, 0.2) is 0 Å². The van der Waals surface area contributed by atoms with Crippen LogP contribution in [-0.4, -0.2) is 32.5 Å². The maximum Gasteiger partial charge on any atom is 0.240 e. The van der Waals surface area contributed by atoms with Gasteiger partial charge in [-0.2, -0.15) is 0 Å². The number of hydrogen-bond acceptors (Lipinski definition) is 7. The molecule has 0 fully saturated rings. The summed E-state index contributed by atoms with van der Waals surface area (Å²) in [4.78, 5) is 12.9. The predicted octanol–water partition coefficient (Wildman–Crippen LogP) is 2.65. The zero-order chi connectivity index (χ0) is 17.2. The second kappa shape index (κ2) is 6.40. The molecule has 3 aromatic rings. The quantitative estimate of drug-likeness (QED) is 0.764. The molecular weight excluding hydrogens is 328 g/mol. The molecule has 124 valence electrons. The van der Waals surface area contributed by atoms with Gasteiger partial charge in [0.05, 0.1) is 22.2 Å². The number of hydrogen-bond donors (Lipinski definition) is 1. The van der Waals surface area contributed by atoms with Crippen molar-refractivity contribution >= 4 is 20.6 Å². The lowest BCUT2D eigenvalue weighted by Gasteiger charge is -2.09. The average Bonchev–Trinajstić information content (AvgIpc) is 2.59. The van der Waals surface area contributed by atoms with Gasteiger partial charge in [-0.15, -0.1) is 0 Å². The molecule has 0 amide bonds. The Bertz CT molecular complexity index is 972. The molecule has 0 radical (unpaired) electrons. The SMILES string of the molecule is COc1nccc2c(OCc3ccc(S(C)(=N)=O)cc3)ncnc12. The maximum atomic E-state index is 11.7. The second-order valence-corrected chi connectivity index (χ2v) is 7.33. The van der Waals surface area contributed by atoms with Crippen molar-refractivity contribution in [2.75, 3.05) is 13.4 Å². The summed E-state index contributed by atoms with van der Waals surface area (Å²) < 4.78 is 30.2. The minimum atomic E-state index is -2.71. The third kappa shape index (κ3) is 3.28. The molecule has 0 aliphatic rings. The highest BCUT2D eigenvalue weighted by Crippen LogP contribution is 2.27. The highest BCUT2D eigenvalue weighted by atomic mass is 32.2. The summed E-state index contributed by atoms with van der Waals surface area (Å²) in [5, 5.41) is 0.712. The number of rotatable bonds is 5. The number of benzene rings is 1. The molecule has 0 saturated heterocycles. The Hall–Kier alpha value is -2.74. The van der Waals surface area contributed by atoms with Crippen molar-refractivity contribution in [2.24, 2.45) is 0 Å². The van der Waals surface area contributed by atoms with E-state index in [1.807, 2.05) is 0 Å². The van der Waals surface area contributed by atoms with Gasteiger partial charge in [0.1, 0.15) is 18.5 Å². The largest absolute Gasteiger partial charge is 0.479 e. The predicted molar refractivity (Wildman–Crippen MR) is 89.7 cm³/mol. The molecule has 0 saturated carbocycles. The number of pyridine rings is 1. The first-order valence-corrected chi connectivity index (χ1v) is 9.05. The van der Waals surface area contributed by atoms with Gasteiger partial charge in [0.25, 0.3) is 0 Å². The first-order chi connectivity index (χ1) is 11.5. The molecule has 1 aromatic carbocycles. The summed E-state index contributed by atoms with van der Waals surface area (Å²) in [6, 6.07) is 8.71. The maximum absolute atomic E-state index is 11.7. The van der Waals surface area contributed by atoms with Gasteiger partial charge >= 0.3 is 0 Å². The van der Waals surface area contributed by atoms with Crippen LogP contribution in [0.4, 0.5) is 0 Å². The van der Waals surface area contributed by atoms with Crippen molar-refractivity contribution in [2.45, 2.75) is 11.5 Å². The summed E-state index contributed by atoms with van der Waals surface area (Å²) in [6.07, 6.45) is 4.41. The summed E-state index contributed by atoms with van der Waals surface area (Å²) in [7, 11) is -1.17. The molecule has 0 aliphatic carbocycles. The third-order valence-electron chi connectivity index (χ3n) is 3.42. The van der Waals surface area contributed by atoms with E-state index in [1.54, 1.807) is 36.5 Å². The number of nitrogens with one attached hydrogen (secondary N) is 1. The average molecular weight is 344 g/mol. The molecule has 8 heteroatoms. The van der Waals surface area contributed by atoms with Crippen molar-refractivity contribution < 1.29 is 13.7 Å². The Morgan fingerprint density at radius 1 is 1.08 bits per heavy atom. The van der Waals surface area contributed by atoms with Crippen LogP contribution in [-0.2, 0) is 16.3 Å². The fourth-order valence-electron chi connectivity index (χ4n) is 2.20. The van der Waals surface area contributed by atoms with Crippen LogP contribution < -0.4 is 9.47 Å². The van der Waals surface area contributed by atoms with Crippen LogP contribution in [0.2, 0.25) is 0 Å². The summed E-state index contributed by atoms with van der Waals surface area (Å²) >= 11 is 0. The fraction of sp³-hybridized carbons (Fsp3) is 0.188. The molecule has 2 heterocycles. The molecule has 0 spiro atoms. The standard InChI is InChI=1S/C16H16N4O3S/c1-22-16-14-13(7-8-18-16)15(20-10-19-14)23-9-11-3-5-12(6-4-11)24(2,17)21/h3-8,10,17H,9H2,1-2H3. The van der Waals surface area contributed by atoms with E-state index >= 15 is 0 Å². The number of nitrogens with zero attached hydrogens (tertiary/aromatic N) is 3. The van der Waals surface area contributed by atoms with Gasteiger partial charge in [0.2, 0.25) is 11.8 Å². The number of aromatic nitrogens is 3. The van der Waals surface area contributed by atoms with Crippen LogP contribution in [0.25, 0.3) is 10.9 Å². The van der Waals surface area contributed by atoms with Gasteiger partial charge in [0, 0.05) is 17.3 Å². The Morgan fingerprint density at radius 2 is 1.83 bits per heavy atom. The second-order valence-electron chi connectivity index (χ2n) is 5.17. The van der Waals surface area contributed by atoms with Crippen molar-refractivity contribution in [1.29, 1.82) is 4.78 Å². The lowest BCUT2D eigenvalue weighted by atomic mass is 10.2. The molecule has 2 aromatic heterocycles. The van der Waals surface area contributed by atoms with Crippen LogP contribution in [0.5, 0.6) is 11.8 Å². The van der Waals surface area contributed by atoms with Crippen molar-refractivity contribution in [1.82, 2.24) is 15.0 Å². The summed E-state index contributed by atoms with van der Waals surface area (Å²) in [5.74, 6) is 0.849. The lowest BCUT2D eigenvalue weighted by Crippen LogP contribution is -2.01. The minimum absolute atomic E-state index is 0.292. The molecule has 1 atom stereocenters. The van der Waals surface area contributed by atoms with Gasteiger partial charge < -0.3 is 9.47 Å². The van der Waals surface area contributed by atoms with Gasteiger partial charge in [-0.05, 0) is 23.8 Å². The Morgan fingerprint density at radius 3 is 2.50 bits per heavy atom. The Balaban J connectivity index is 1.83. The zero-order valence-electron chi connectivity index (χ0n) is 13.2. The minimum Gasteiger partial charge on any atom is -0.479 e. The Kier molecular flexibility index (Phi) is 4.30. The highest BCUT2D eigenvalue weighted by molar-refractivity contribution is 7.91. The molecule has 7 nitrogen and oxygen atoms in total. The highest BCUT2D eigenvalue weighted by Gasteiger charge is 2.10. The van der Waals surface area contributed by atoms with E-state index in [0.29, 0.717) is 34.2 Å². The van der Waals surface area contributed by atoms with Crippen molar-refractivity contribution in [3.63, 3.8) is 0 Å². The summed E-state index contributed by atoms with van der Waals surface area (Å²) in [5.41, 5.74) is 1.47. The smallest absolute Gasteiger partial charge is 0.240 e. The van der Waals surface area contributed by atoms with Crippen molar-refractivity contribution in [3.05, 3.63) is 48.4 Å². The van der Waals surface area contributed by atoms with Gasteiger partial charge in [-0.25, -0.2) is 23.9 Å². The van der Waals surface area contributed by atoms with E-state index in [2.05, 4.69) is 15.0 Å². The molecule has 0 bridgehead atoms. The van der Waals surface area contributed by atoms with Crippen LogP contribution in [0.15, 0.2) is 47.8 Å². The number of methoxy groups -OCH3 is 1. The molecule has 24 heavy (non-hydrogen) atoms. The van der Waals surface area contributed by atoms with Crippen molar-refractivity contribution in [3.8, 4) is 11.8 Å². The first kappa shape index (κ1) is 16.1. The molecular formula is C16H16N4O3S. The van der Waals surface area contributed by atoms with E-state index in [0.717, 1.165) is 5.56 Å². The van der Waals surface area contributed by atoms with Gasteiger partial charge in [-0.3, -0.25) is 0 Å². The molecule has 0 aliphatic heterocycles. The fourth-order valence-corrected chi connectivity index (χ4v) is 2.86. The van der Waals surface area contributed by atoms with E-state index in [9.17, 15) is 4.21 Å². The molecule has 1 N–H and O–H groups in total. The van der Waals surface area contributed by atoms with Crippen LogP contribution in [0, 0.1) is 4.78 Å². The Labute approximate surface area is 139 Å². The van der Waals surface area contributed by atoms with E-state index in [1.165, 1.54) is 19.7 Å². The zero-order valence-corrected chi connectivity index (χ0v) is 14.0. The normalized spacial score (nSPS) is 13.4. The number of ether oxygens (including phenoxy) is 2. The molecule has 1 unspecified atom stereocenters. The van der Waals surface area contributed by atoms with Crippen LogP contribution in [0.3, 0.4) is 0 Å². The lowest BCUT2D eigenvalue weighted by molar-refractivity contribution is 0.297. The van der Waals surface area contributed by atoms with Crippen LogP contribution in [0.1, 0.15) is 5.56 Å². The summed E-state index contributed by atoms with van der Waals surface area (Å²) in [6.45, 7) is 0.292. The molecule has 3 rings (SSSR count). The first-order valence-electron chi connectivity index (χ1n) is 7.08.